The maximum absolute atomic E-state index is 14.2. The second-order valence-electron chi connectivity index (χ2n) is 11.8. The van der Waals surface area contributed by atoms with Crippen molar-refractivity contribution >= 4 is 52.6 Å². The minimum Gasteiger partial charge on any atom is -0.480 e. The average molecular weight is 628 g/mol. The third kappa shape index (κ3) is 5.44. The van der Waals surface area contributed by atoms with Crippen LogP contribution in [0.5, 0.6) is 0 Å². The molecular weight excluding hydrogens is 595 g/mol. The summed E-state index contributed by atoms with van der Waals surface area (Å²) in [5.74, 6) is -3.28. The van der Waals surface area contributed by atoms with Crippen LogP contribution in [-0.2, 0) is 20.8 Å². The normalized spacial score (nSPS) is 22.6. The molecule has 4 unspecified atom stereocenters. The van der Waals surface area contributed by atoms with Crippen molar-refractivity contribution in [1.82, 2.24) is 15.2 Å². The quantitative estimate of drug-likeness (QED) is 0.0936. The van der Waals surface area contributed by atoms with Gasteiger partial charge < -0.3 is 10.1 Å². The van der Waals surface area contributed by atoms with Gasteiger partial charge >= 0.3 is 5.97 Å². The first-order chi connectivity index (χ1) is 22.4. The van der Waals surface area contributed by atoms with E-state index >= 15 is 0 Å². The number of carbonyl (C=O) groups excluding carboxylic acids is 2. The molecule has 0 saturated carbocycles. The summed E-state index contributed by atoms with van der Waals surface area (Å²) >= 11 is 1.56. The third-order valence-electron chi connectivity index (χ3n) is 9.16. The number of likely N-dealkylation sites (tertiary alicyclic amines) is 1. The van der Waals surface area contributed by atoms with Crippen molar-refractivity contribution in [1.29, 1.82) is 0 Å². The molecule has 7 rings (SSSR count). The van der Waals surface area contributed by atoms with E-state index in [0.717, 1.165) is 38.1 Å². The van der Waals surface area contributed by atoms with Gasteiger partial charge in [-0.25, -0.2) is 0 Å². The van der Waals surface area contributed by atoms with Gasteiger partial charge in [-0.1, -0.05) is 103 Å². The first-order valence-electron chi connectivity index (χ1n) is 15.4. The summed E-state index contributed by atoms with van der Waals surface area (Å²) < 4.78 is 0. The fraction of sp³-hybridized carbons (Fsp3) is 0.184. The fourth-order valence-corrected chi connectivity index (χ4v) is 7.78. The summed E-state index contributed by atoms with van der Waals surface area (Å²) in [6.45, 7) is 0.211. The van der Waals surface area contributed by atoms with Crippen LogP contribution in [0.2, 0.25) is 0 Å². The SMILES string of the molecule is O=C1C2C(c3ccc(/C=C/c4ccccc4)cc3)NC(Cc3c[nH]c4ccccc34)(C(=O)O)C2C(=O)N1CCSc1ccccc1. The lowest BCUT2D eigenvalue weighted by Crippen LogP contribution is -2.57. The van der Waals surface area contributed by atoms with Crippen LogP contribution in [0.3, 0.4) is 0 Å². The Morgan fingerprint density at radius 3 is 2.20 bits per heavy atom. The maximum Gasteiger partial charge on any atom is 0.325 e. The van der Waals surface area contributed by atoms with Crippen LogP contribution in [0.25, 0.3) is 23.1 Å². The molecule has 2 fully saturated rings. The lowest BCUT2D eigenvalue weighted by molar-refractivity contribution is -0.151. The molecule has 2 aliphatic heterocycles. The standard InChI is InChI=1S/C38H33N3O4S/c42-35-32-33(36(43)41(35)21-22-46-29-11-5-2-6-12-29)38(37(44)45,23-28-24-39-31-14-8-7-13-30(28)31)40-34(32)27-19-17-26(18-20-27)16-15-25-9-3-1-4-10-25/h1-20,24,32-34,39-40H,21-23H2,(H,44,45)/b16-15+. The van der Waals surface area contributed by atoms with Crippen LogP contribution >= 0.6 is 11.8 Å². The Kier molecular flexibility index (Phi) is 8.07. The van der Waals surface area contributed by atoms with Gasteiger partial charge in [0.2, 0.25) is 11.8 Å². The van der Waals surface area contributed by atoms with Gasteiger partial charge in [-0.2, -0.15) is 0 Å². The highest BCUT2D eigenvalue weighted by Gasteiger charge is 2.68. The molecule has 2 saturated heterocycles. The molecule has 0 bridgehead atoms. The molecule has 4 aromatic carbocycles. The van der Waals surface area contributed by atoms with Crippen molar-refractivity contribution in [3.8, 4) is 0 Å². The van der Waals surface area contributed by atoms with E-state index in [9.17, 15) is 19.5 Å². The van der Waals surface area contributed by atoms with Gasteiger partial charge in [0.1, 0.15) is 5.54 Å². The number of nitrogens with one attached hydrogen (secondary N) is 2. The van der Waals surface area contributed by atoms with Gasteiger partial charge in [0.15, 0.2) is 0 Å². The fourth-order valence-electron chi connectivity index (χ4n) is 6.93. The number of carboxylic acids is 1. The van der Waals surface area contributed by atoms with Crippen LogP contribution < -0.4 is 5.32 Å². The number of aliphatic carboxylic acids is 1. The van der Waals surface area contributed by atoms with Gasteiger partial charge in [0, 0.05) is 46.8 Å². The maximum atomic E-state index is 14.2. The van der Waals surface area contributed by atoms with E-state index in [1.54, 1.807) is 11.8 Å². The van der Waals surface area contributed by atoms with Gasteiger partial charge in [0.25, 0.3) is 0 Å². The zero-order valence-electron chi connectivity index (χ0n) is 25.0. The number of benzene rings is 4. The zero-order chi connectivity index (χ0) is 31.7. The number of H-pyrrole nitrogens is 1. The van der Waals surface area contributed by atoms with Gasteiger partial charge in [-0.15, -0.1) is 11.8 Å². The molecule has 0 spiro atoms. The molecule has 230 valence electrons. The molecule has 7 nitrogen and oxygen atoms in total. The third-order valence-corrected chi connectivity index (χ3v) is 10.2. The molecule has 3 heterocycles. The number of amides is 2. The van der Waals surface area contributed by atoms with Crippen molar-refractivity contribution < 1.29 is 19.5 Å². The number of para-hydroxylation sites is 1. The summed E-state index contributed by atoms with van der Waals surface area (Å²) in [6.07, 6.45) is 5.90. The lowest BCUT2D eigenvalue weighted by atomic mass is 9.76. The topological polar surface area (TPSA) is 102 Å². The van der Waals surface area contributed by atoms with E-state index in [4.69, 9.17) is 0 Å². The molecule has 2 aliphatic rings. The van der Waals surface area contributed by atoms with Crippen LogP contribution in [-0.4, -0.2) is 50.6 Å². The first-order valence-corrected chi connectivity index (χ1v) is 16.4. The van der Waals surface area contributed by atoms with Crippen molar-refractivity contribution in [3.05, 3.63) is 138 Å². The molecular formula is C38H33N3O4S. The summed E-state index contributed by atoms with van der Waals surface area (Å²) in [4.78, 5) is 47.2. The molecule has 4 atom stereocenters. The minimum atomic E-state index is -1.68. The number of carbonyl (C=O) groups is 3. The van der Waals surface area contributed by atoms with E-state index in [2.05, 4.69) is 10.3 Å². The van der Waals surface area contributed by atoms with Gasteiger partial charge in [-0.05, 0) is 40.5 Å². The van der Waals surface area contributed by atoms with Crippen molar-refractivity contribution in [2.75, 3.05) is 12.3 Å². The lowest BCUT2D eigenvalue weighted by Gasteiger charge is -2.31. The smallest absolute Gasteiger partial charge is 0.325 e. The molecule has 1 aromatic heterocycles. The van der Waals surface area contributed by atoms with E-state index in [1.165, 1.54) is 4.90 Å². The van der Waals surface area contributed by atoms with Crippen LogP contribution in [0.4, 0.5) is 0 Å². The van der Waals surface area contributed by atoms with Crippen molar-refractivity contribution in [3.63, 3.8) is 0 Å². The Balaban J connectivity index is 1.22. The summed E-state index contributed by atoms with van der Waals surface area (Å²) in [7, 11) is 0. The largest absolute Gasteiger partial charge is 0.480 e. The predicted molar refractivity (Wildman–Crippen MR) is 181 cm³/mol. The second kappa shape index (κ2) is 12.5. The van der Waals surface area contributed by atoms with E-state index in [-0.39, 0.29) is 18.9 Å². The number of aromatic amines is 1. The van der Waals surface area contributed by atoms with Gasteiger partial charge in [0.05, 0.1) is 11.8 Å². The Bertz CT molecular complexity index is 1920. The average Bonchev–Trinajstić information content (AvgIpc) is 3.73. The number of aromatic nitrogens is 1. The number of rotatable bonds is 10. The first kappa shape index (κ1) is 29.8. The molecule has 46 heavy (non-hydrogen) atoms. The highest BCUT2D eigenvalue weighted by atomic mass is 32.2. The van der Waals surface area contributed by atoms with E-state index in [1.807, 2.05) is 128 Å². The number of carboxylic acid groups (broad SMARTS) is 1. The Morgan fingerprint density at radius 1 is 0.826 bits per heavy atom. The Morgan fingerprint density at radius 2 is 1.48 bits per heavy atom. The number of fused-ring (bicyclic) bond motifs is 2. The summed E-state index contributed by atoms with van der Waals surface area (Å²) in [5, 5.41) is 15.2. The highest BCUT2D eigenvalue weighted by molar-refractivity contribution is 7.99. The number of thioether (sulfide) groups is 1. The molecule has 0 aliphatic carbocycles. The van der Waals surface area contributed by atoms with Crippen LogP contribution in [0.1, 0.15) is 28.3 Å². The summed E-state index contributed by atoms with van der Waals surface area (Å²) in [6, 6.07) is 34.6. The molecule has 0 radical (unpaired) electrons. The molecule has 2 amide bonds. The summed E-state index contributed by atoms with van der Waals surface area (Å²) in [5.41, 5.74) is 2.81. The van der Waals surface area contributed by atoms with Gasteiger partial charge in [-0.3, -0.25) is 24.6 Å². The van der Waals surface area contributed by atoms with Crippen molar-refractivity contribution in [2.45, 2.75) is 22.9 Å². The van der Waals surface area contributed by atoms with Crippen LogP contribution in [0, 0.1) is 11.8 Å². The predicted octanol–water partition coefficient (Wildman–Crippen LogP) is 6.44. The minimum absolute atomic E-state index is 0.0491. The number of hydrogen-bond acceptors (Lipinski definition) is 5. The number of hydrogen-bond donors (Lipinski definition) is 3. The molecule has 3 N–H and O–H groups in total. The number of nitrogens with zero attached hydrogens (tertiary/aromatic N) is 1. The van der Waals surface area contributed by atoms with E-state index in [0.29, 0.717) is 5.75 Å². The Labute approximate surface area is 271 Å². The zero-order valence-corrected chi connectivity index (χ0v) is 25.8. The number of imide groups is 1. The Hall–Kier alpha value is -4.92. The monoisotopic (exact) mass is 627 g/mol. The van der Waals surface area contributed by atoms with Crippen molar-refractivity contribution in [2.24, 2.45) is 11.8 Å². The highest BCUT2D eigenvalue weighted by Crippen LogP contribution is 2.50. The van der Waals surface area contributed by atoms with Crippen LogP contribution in [0.15, 0.2) is 120 Å². The molecule has 5 aromatic rings. The molecule has 8 heteroatoms. The second-order valence-corrected chi connectivity index (χ2v) is 13.0. The van der Waals surface area contributed by atoms with E-state index < -0.39 is 35.3 Å².